The Morgan fingerprint density at radius 3 is 2.52 bits per heavy atom. The number of anilines is 1. The summed E-state index contributed by atoms with van der Waals surface area (Å²) in [7, 11) is 1.62. The van der Waals surface area contributed by atoms with Crippen molar-refractivity contribution in [2.75, 3.05) is 5.32 Å². The van der Waals surface area contributed by atoms with Crippen LogP contribution in [0.4, 0.5) is 15.8 Å². The Bertz CT molecular complexity index is 1060. The van der Waals surface area contributed by atoms with E-state index in [4.69, 9.17) is 6.57 Å². The van der Waals surface area contributed by atoms with Crippen LogP contribution in [-0.4, -0.2) is 28.2 Å². The lowest BCUT2D eigenvalue weighted by molar-refractivity contribution is -0.118. The van der Waals surface area contributed by atoms with Crippen LogP contribution in [0.25, 0.3) is 4.85 Å². The van der Waals surface area contributed by atoms with Gasteiger partial charge in [0, 0.05) is 24.5 Å². The van der Waals surface area contributed by atoms with Gasteiger partial charge in [-0.05, 0) is 56.9 Å². The van der Waals surface area contributed by atoms with Gasteiger partial charge in [0.15, 0.2) is 0 Å². The van der Waals surface area contributed by atoms with Gasteiger partial charge in [0.1, 0.15) is 5.82 Å². The molecule has 0 saturated heterocycles. The minimum atomic E-state index is -0.684. The molecule has 1 saturated carbocycles. The molecule has 0 spiro atoms. The monoisotopic (exact) mass is 396 g/mol. The van der Waals surface area contributed by atoms with Crippen LogP contribution in [0.3, 0.4) is 0 Å². The fraction of sp³-hybridized carbons (Fsp3) is 0.333. The van der Waals surface area contributed by atoms with Crippen LogP contribution in [0.2, 0.25) is 0 Å². The van der Waals surface area contributed by atoms with Crippen molar-refractivity contribution in [3.8, 4) is 0 Å². The molecule has 0 radical (unpaired) electrons. The van der Waals surface area contributed by atoms with E-state index in [-0.39, 0.29) is 28.7 Å². The molecule has 1 aromatic carbocycles. The highest BCUT2D eigenvalue weighted by atomic mass is 19.1. The molecule has 2 amide bonds. The third-order valence-electron chi connectivity index (χ3n) is 5.34. The molecule has 3 rings (SSSR count). The summed E-state index contributed by atoms with van der Waals surface area (Å²) < 4.78 is 15.0. The molecule has 8 heteroatoms. The second-order valence-corrected chi connectivity index (χ2v) is 7.16. The van der Waals surface area contributed by atoms with Crippen LogP contribution in [0.15, 0.2) is 18.2 Å². The molecule has 2 aromatic rings. The predicted molar refractivity (Wildman–Crippen MR) is 106 cm³/mol. The fourth-order valence-corrected chi connectivity index (χ4v) is 3.41. The number of nitrogens with zero attached hydrogens (tertiary/aromatic N) is 2. The number of Topliss-reactive ketones (excluding diaryl/α,β-unsaturated/α-hetero) is 1. The van der Waals surface area contributed by atoms with E-state index in [1.807, 2.05) is 0 Å². The quantitative estimate of drug-likeness (QED) is 0.461. The summed E-state index contributed by atoms with van der Waals surface area (Å²) in [5.41, 5.74) is 1.40. The van der Waals surface area contributed by atoms with E-state index in [0.717, 1.165) is 25.3 Å². The molecule has 2 N–H and O–H groups in total. The third-order valence-corrected chi connectivity index (χ3v) is 5.34. The first-order valence-electron chi connectivity index (χ1n) is 9.24. The van der Waals surface area contributed by atoms with E-state index >= 15 is 0 Å². The van der Waals surface area contributed by atoms with Gasteiger partial charge in [-0.3, -0.25) is 14.4 Å². The van der Waals surface area contributed by atoms with E-state index in [2.05, 4.69) is 15.5 Å². The molecule has 1 heterocycles. The number of amides is 2. The zero-order chi connectivity index (χ0) is 21.3. The molecule has 29 heavy (non-hydrogen) atoms. The summed E-state index contributed by atoms with van der Waals surface area (Å²) in [6.07, 6.45) is 2.76. The maximum absolute atomic E-state index is 13.5. The second-order valence-electron chi connectivity index (χ2n) is 7.16. The minimum Gasteiger partial charge on any atom is -0.346 e. The molecular formula is C21H21FN4O3. The largest absolute Gasteiger partial charge is 0.346 e. The lowest BCUT2D eigenvalue weighted by Crippen LogP contribution is -2.43. The van der Waals surface area contributed by atoms with E-state index in [1.165, 1.54) is 16.7 Å². The first-order chi connectivity index (χ1) is 13.7. The molecule has 0 unspecified atom stereocenters. The fourth-order valence-electron chi connectivity index (χ4n) is 3.41. The Hall–Kier alpha value is -3.47. The number of hydrogen-bond donors (Lipinski definition) is 2. The molecule has 0 aliphatic heterocycles. The number of aromatic nitrogens is 1. The van der Waals surface area contributed by atoms with Gasteiger partial charge in [-0.15, -0.1) is 0 Å². The van der Waals surface area contributed by atoms with E-state index < -0.39 is 23.4 Å². The second kappa shape index (κ2) is 7.87. The van der Waals surface area contributed by atoms with Gasteiger partial charge in [-0.25, -0.2) is 9.24 Å². The van der Waals surface area contributed by atoms with Crippen LogP contribution < -0.4 is 10.6 Å². The highest BCUT2D eigenvalue weighted by molar-refractivity contribution is 6.43. The number of carbonyl (C=O) groups excluding carboxylic acids is 3. The highest BCUT2D eigenvalue weighted by Crippen LogP contribution is 2.26. The third kappa shape index (κ3) is 3.76. The van der Waals surface area contributed by atoms with Crippen molar-refractivity contribution in [3.05, 3.63) is 57.9 Å². The van der Waals surface area contributed by atoms with Crippen molar-refractivity contribution in [1.29, 1.82) is 0 Å². The number of benzene rings is 1. The SMILES string of the molecule is [C-]#[N+]c1cc(NC(=O)c2c(C)c(C(=O)C(=O)NC3CCC3)n(C)c2C)ccc1F. The summed E-state index contributed by atoms with van der Waals surface area (Å²) in [5, 5.41) is 5.35. The standard InChI is InChI=1S/C21H21FN4O3/c1-11-17(20(28)25-14-8-9-15(22)16(10-14)23-3)12(2)26(4)18(11)19(27)21(29)24-13-6-5-7-13/h8-10,13H,5-7H2,1-2,4H3,(H,24,29)(H,25,28). The van der Waals surface area contributed by atoms with Gasteiger partial charge < -0.3 is 15.2 Å². The van der Waals surface area contributed by atoms with Gasteiger partial charge in [0.25, 0.3) is 17.6 Å². The Labute approximate surface area is 167 Å². The predicted octanol–water partition coefficient (Wildman–Crippen LogP) is 3.44. The lowest BCUT2D eigenvalue weighted by atomic mass is 9.93. The van der Waals surface area contributed by atoms with Crippen molar-refractivity contribution in [2.45, 2.75) is 39.2 Å². The van der Waals surface area contributed by atoms with E-state index in [1.54, 1.807) is 20.9 Å². The first kappa shape index (κ1) is 20.3. The number of ketones is 1. The van der Waals surface area contributed by atoms with Crippen LogP contribution in [0.5, 0.6) is 0 Å². The molecular weight excluding hydrogens is 375 g/mol. The number of nitrogens with one attached hydrogen (secondary N) is 2. The maximum Gasteiger partial charge on any atom is 0.294 e. The summed E-state index contributed by atoms with van der Waals surface area (Å²) in [5.74, 6) is -2.53. The van der Waals surface area contributed by atoms with Crippen molar-refractivity contribution in [1.82, 2.24) is 9.88 Å². The molecule has 7 nitrogen and oxygen atoms in total. The molecule has 0 atom stereocenters. The minimum absolute atomic E-state index is 0.0333. The average molecular weight is 396 g/mol. The Kier molecular flexibility index (Phi) is 5.50. The molecule has 1 aromatic heterocycles. The smallest absolute Gasteiger partial charge is 0.294 e. The van der Waals surface area contributed by atoms with Gasteiger partial charge >= 0.3 is 0 Å². The molecule has 1 aliphatic carbocycles. The van der Waals surface area contributed by atoms with Crippen molar-refractivity contribution < 1.29 is 18.8 Å². The van der Waals surface area contributed by atoms with E-state index in [0.29, 0.717) is 11.3 Å². The number of rotatable bonds is 5. The average Bonchev–Trinajstić information content (AvgIpc) is 2.87. The van der Waals surface area contributed by atoms with Gasteiger partial charge in [-0.2, -0.15) is 0 Å². The van der Waals surface area contributed by atoms with Crippen molar-refractivity contribution in [2.24, 2.45) is 7.05 Å². The molecule has 1 fully saturated rings. The Balaban J connectivity index is 1.87. The maximum atomic E-state index is 13.5. The summed E-state index contributed by atoms with van der Waals surface area (Å²) in [6.45, 7) is 10.3. The number of carbonyl (C=O) groups is 3. The molecule has 1 aliphatic rings. The van der Waals surface area contributed by atoms with Crippen molar-refractivity contribution >= 4 is 29.0 Å². The van der Waals surface area contributed by atoms with Crippen LogP contribution in [-0.2, 0) is 11.8 Å². The van der Waals surface area contributed by atoms with Crippen LogP contribution >= 0.6 is 0 Å². The van der Waals surface area contributed by atoms with Gasteiger partial charge in [0.2, 0.25) is 5.69 Å². The Morgan fingerprint density at radius 2 is 1.93 bits per heavy atom. The number of halogens is 1. The summed E-state index contributed by atoms with van der Waals surface area (Å²) in [4.78, 5) is 40.9. The van der Waals surface area contributed by atoms with E-state index in [9.17, 15) is 18.8 Å². The normalized spacial score (nSPS) is 13.3. The zero-order valence-electron chi connectivity index (χ0n) is 16.4. The zero-order valence-corrected chi connectivity index (χ0v) is 16.4. The lowest BCUT2D eigenvalue weighted by Gasteiger charge is -2.25. The highest BCUT2D eigenvalue weighted by Gasteiger charge is 2.30. The van der Waals surface area contributed by atoms with Crippen LogP contribution in [0.1, 0.15) is 51.4 Å². The molecule has 0 bridgehead atoms. The van der Waals surface area contributed by atoms with Gasteiger partial charge in [-0.1, -0.05) is 0 Å². The van der Waals surface area contributed by atoms with Gasteiger partial charge in [0.05, 0.1) is 17.8 Å². The Morgan fingerprint density at radius 1 is 1.24 bits per heavy atom. The number of hydrogen-bond acceptors (Lipinski definition) is 3. The topological polar surface area (TPSA) is 84.6 Å². The van der Waals surface area contributed by atoms with Crippen molar-refractivity contribution in [3.63, 3.8) is 0 Å². The summed E-state index contributed by atoms with van der Waals surface area (Å²) in [6, 6.07) is 3.73. The summed E-state index contributed by atoms with van der Waals surface area (Å²) >= 11 is 0. The molecule has 150 valence electrons. The first-order valence-corrected chi connectivity index (χ1v) is 9.24. The van der Waals surface area contributed by atoms with Crippen LogP contribution in [0, 0.1) is 26.2 Å².